The van der Waals surface area contributed by atoms with Crippen LogP contribution in [0.15, 0.2) is 24.3 Å². The molecule has 1 saturated heterocycles. The number of piperidine rings is 1. The summed E-state index contributed by atoms with van der Waals surface area (Å²) in [7, 11) is 0. The Morgan fingerprint density at radius 2 is 1.69 bits per heavy atom. The van der Waals surface area contributed by atoms with Gasteiger partial charge in [-0.15, -0.1) is 0 Å². The Balaban J connectivity index is 1.76. The predicted molar refractivity (Wildman–Crippen MR) is 114 cm³/mol. The van der Waals surface area contributed by atoms with E-state index in [4.69, 9.17) is 11.6 Å². The normalized spacial score (nSPS) is 26.1. The highest BCUT2D eigenvalue weighted by Gasteiger charge is 2.51. The number of aliphatic hydroxyl groups is 1. The highest BCUT2D eigenvalue weighted by atomic mass is 35.5. The van der Waals surface area contributed by atoms with Gasteiger partial charge >= 0.3 is 0 Å². The predicted octanol–water partition coefficient (Wildman–Crippen LogP) is 3.73. The number of hydrogen-bond donors (Lipinski definition) is 2. The minimum Gasteiger partial charge on any atom is -0.384 e. The molecule has 2 N–H and O–H groups in total. The van der Waals surface area contributed by atoms with Crippen LogP contribution in [0.2, 0.25) is 5.02 Å². The van der Waals surface area contributed by atoms with Crippen LogP contribution in [0.25, 0.3) is 0 Å². The topological polar surface area (TPSA) is 69.6 Å². The van der Waals surface area contributed by atoms with Crippen LogP contribution < -0.4 is 5.32 Å². The van der Waals surface area contributed by atoms with Crippen molar-refractivity contribution in [2.45, 2.75) is 65.5 Å². The van der Waals surface area contributed by atoms with Gasteiger partial charge in [0.15, 0.2) is 0 Å². The number of likely N-dealkylation sites (tertiary alicyclic amines) is 1. The van der Waals surface area contributed by atoms with Crippen LogP contribution in [0.5, 0.6) is 0 Å². The highest BCUT2D eigenvalue weighted by Crippen LogP contribution is 2.47. The summed E-state index contributed by atoms with van der Waals surface area (Å²) in [6.45, 7) is 10.7. The van der Waals surface area contributed by atoms with Gasteiger partial charge in [-0.1, -0.05) is 58.4 Å². The lowest BCUT2D eigenvalue weighted by atomic mass is 9.66. The number of rotatable bonds is 5. The molecule has 1 aromatic rings. The fraction of sp³-hybridized carbons (Fsp3) is 0.652. The quantitative estimate of drug-likeness (QED) is 0.762. The SMILES string of the molecule is CC(C)[C@@H](NC(=O)C1(C)CC1)C(=O)N1CC[C@](O)(c2ccc(Cl)cc2)C(C)(C)C1. The molecule has 5 nitrogen and oxygen atoms in total. The third-order valence-corrected chi connectivity index (χ3v) is 7.10. The second kappa shape index (κ2) is 7.59. The third kappa shape index (κ3) is 4.17. The molecule has 6 heteroatoms. The molecular weight excluding hydrogens is 388 g/mol. The highest BCUT2D eigenvalue weighted by molar-refractivity contribution is 6.30. The molecule has 0 aromatic heterocycles. The van der Waals surface area contributed by atoms with E-state index < -0.39 is 17.1 Å². The molecule has 1 aliphatic carbocycles. The van der Waals surface area contributed by atoms with Gasteiger partial charge in [0.2, 0.25) is 11.8 Å². The van der Waals surface area contributed by atoms with E-state index >= 15 is 0 Å². The van der Waals surface area contributed by atoms with E-state index in [0.29, 0.717) is 24.5 Å². The van der Waals surface area contributed by atoms with Crippen LogP contribution in [0, 0.1) is 16.7 Å². The smallest absolute Gasteiger partial charge is 0.245 e. The van der Waals surface area contributed by atoms with Crippen LogP contribution in [0.1, 0.15) is 59.4 Å². The number of nitrogens with zero attached hydrogens (tertiary/aromatic N) is 1. The van der Waals surface area contributed by atoms with Crippen LogP contribution in [0.3, 0.4) is 0 Å². The average Bonchev–Trinajstić information content (AvgIpc) is 3.40. The Morgan fingerprint density at radius 1 is 1.10 bits per heavy atom. The second-order valence-corrected chi connectivity index (χ2v) is 10.5. The van der Waals surface area contributed by atoms with Gasteiger partial charge in [0.1, 0.15) is 6.04 Å². The van der Waals surface area contributed by atoms with Crippen molar-refractivity contribution in [3.63, 3.8) is 0 Å². The summed E-state index contributed by atoms with van der Waals surface area (Å²) in [6.07, 6.45) is 2.19. The summed E-state index contributed by atoms with van der Waals surface area (Å²) >= 11 is 6.01. The van der Waals surface area contributed by atoms with Crippen LogP contribution in [-0.2, 0) is 15.2 Å². The van der Waals surface area contributed by atoms with Gasteiger partial charge in [0, 0.05) is 28.9 Å². The zero-order valence-corrected chi connectivity index (χ0v) is 18.8. The molecular formula is C23H33ClN2O3. The van der Waals surface area contributed by atoms with E-state index in [-0.39, 0.29) is 23.1 Å². The Morgan fingerprint density at radius 3 is 2.17 bits per heavy atom. The van der Waals surface area contributed by atoms with E-state index in [0.717, 1.165) is 18.4 Å². The van der Waals surface area contributed by atoms with Gasteiger partial charge < -0.3 is 15.3 Å². The van der Waals surface area contributed by atoms with Crippen molar-refractivity contribution >= 4 is 23.4 Å². The van der Waals surface area contributed by atoms with E-state index in [9.17, 15) is 14.7 Å². The molecule has 1 saturated carbocycles. The third-order valence-electron chi connectivity index (χ3n) is 6.85. The number of nitrogens with one attached hydrogen (secondary N) is 1. The summed E-state index contributed by atoms with van der Waals surface area (Å²) in [5.41, 5.74) is -1.10. The first kappa shape index (κ1) is 22.1. The minimum absolute atomic E-state index is 0.00557. The largest absolute Gasteiger partial charge is 0.384 e. The van der Waals surface area contributed by atoms with E-state index in [1.165, 1.54) is 0 Å². The maximum absolute atomic E-state index is 13.3. The molecule has 0 unspecified atom stereocenters. The van der Waals surface area contributed by atoms with Gasteiger partial charge in [-0.05, 0) is 42.9 Å². The van der Waals surface area contributed by atoms with Gasteiger partial charge in [-0.25, -0.2) is 0 Å². The van der Waals surface area contributed by atoms with Crippen molar-refractivity contribution in [1.29, 1.82) is 0 Å². The molecule has 1 aromatic carbocycles. The molecule has 2 aliphatic rings. The first-order valence-electron chi connectivity index (χ1n) is 10.5. The molecule has 3 rings (SSSR count). The van der Waals surface area contributed by atoms with Gasteiger partial charge in [0.05, 0.1) is 5.60 Å². The fourth-order valence-corrected chi connectivity index (χ4v) is 4.34. The van der Waals surface area contributed by atoms with E-state index in [1.807, 2.05) is 46.8 Å². The Labute approximate surface area is 178 Å². The average molecular weight is 421 g/mol. The van der Waals surface area contributed by atoms with Gasteiger partial charge in [0.25, 0.3) is 0 Å². The number of benzene rings is 1. The number of carbonyl (C=O) groups excluding carboxylic acids is 2. The molecule has 1 heterocycles. The van der Waals surface area contributed by atoms with Crippen LogP contribution in [0.4, 0.5) is 0 Å². The Hall–Kier alpha value is -1.59. The lowest BCUT2D eigenvalue weighted by molar-refractivity contribution is -0.157. The zero-order chi connectivity index (χ0) is 21.6. The molecule has 2 fully saturated rings. The van der Waals surface area contributed by atoms with Crippen molar-refractivity contribution in [3.8, 4) is 0 Å². The first-order valence-corrected chi connectivity index (χ1v) is 10.9. The minimum atomic E-state index is -1.05. The summed E-state index contributed by atoms with van der Waals surface area (Å²) in [5.74, 6) is -0.101. The molecule has 0 bridgehead atoms. The Bertz CT molecular complexity index is 786. The molecule has 2 atom stereocenters. The molecule has 2 amide bonds. The van der Waals surface area contributed by atoms with Crippen LogP contribution >= 0.6 is 11.6 Å². The van der Waals surface area contributed by atoms with Crippen molar-refractivity contribution in [1.82, 2.24) is 10.2 Å². The van der Waals surface area contributed by atoms with Gasteiger partial charge in [-0.2, -0.15) is 0 Å². The first-order chi connectivity index (χ1) is 13.4. The lowest BCUT2D eigenvalue weighted by Gasteiger charge is -2.51. The number of halogens is 1. The molecule has 160 valence electrons. The molecule has 29 heavy (non-hydrogen) atoms. The standard InChI is InChI=1S/C23H33ClN2O3/c1-15(2)18(25-20(28)22(5)10-11-22)19(27)26-13-12-23(29,21(3,4)14-26)16-6-8-17(24)9-7-16/h6-9,15,18,29H,10-14H2,1-5H3,(H,25,28)/t18-,23+/m1/s1. The van der Waals surface area contributed by atoms with Crippen molar-refractivity contribution in [2.75, 3.05) is 13.1 Å². The van der Waals surface area contributed by atoms with Crippen LogP contribution in [-0.4, -0.2) is 41.0 Å². The monoisotopic (exact) mass is 420 g/mol. The maximum Gasteiger partial charge on any atom is 0.245 e. The van der Waals surface area contributed by atoms with Crippen molar-refractivity contribution in [3.05, 3.63) is 34.9 Å². The summed E-state index contributed by atoms with van der Waals surface area (Å²) in [4.78, 5) is 27.7. The second-order valence-electron chi connectivity index (χ2n) is 10.0. The van der Waals surface area contributed by atoms with E-state index in [1.54, 1.807) is 17.0 Å². The lowest BCUT2D eigenvalue weighted by Crippen LogP contribution is -2.60. The Kier molecular flexibility index (Phi) is 5.78. The zero-order valence-electron chi connectivity index (χ0n) is 18.1. The summed E-state index contributed by atoms with van der Waals surface area (Å²) in [6, 6.07) is 6.73. The van der Waals surface area contributed by atoms with Crippen molar-refractivity contribution in [2.24, 2.45) is 16.7 Å². The molecule has 0 radical (unpaired) electrons. The maximum atomic E-state index is 13.3. The molecule has 1 aliphatic heterocycles. The summed E-state index contributed by atoms with van der Waals surface area (Å²) in [5, 5.41) is 15.1. The number of carbonyl (C=O) groups is 2. The van der Waals surface area contributed by atoms with E-state index in [2.05, 4.69) is 5.32 Å². The summed E-state index contributed by atoms with van der Waals surface area (Å²) < 4.78 is 0. The number of amides is 2. The molecule has 0 spiro atoms. The van der Waals surface area contributed by atoms with Gasteiger partial charge in [-0.3, -0.25) is 9.59 Å². The van der Waals surface area contributed by atoms with Crippen molar-refractivity contribution < 1.29 is 14.7 Å². The fourth-order valence-electron chi connectivity index (χ4n) is 4.21. The number of hydrogen-bond acceptors (Lipinski definition) is 3.